The van der Waals surface area contributed by atoms with E-state index in [-0.39, 0.29) is 23.7 Å². The maximum absolute atomic E-state index is 13.3. The lowest BCUT2D eigenvalue weighted by Gasteiger charge is -2.23. The Morgan fingerprint density at radius 3 is 2.54 bits per heavy atom. The van der Waals surface area contributed by atoms with Crippen LogP contribution in [0.4, 0.5) is 5.95 Å². The van der Waals surface area contributed by atoms with Gasteiger partial charge in [0.2, 0.25) is 5.95 Å². The van der Waals surface area contributed by atoms with Crippen molar-refractivity contribution in [1.29, 1.82) is 0 Å². The van der Waals surface area contributed by atoms with E-state index in [9.17, 15) is 14.7 Å². The molecule has 1 atom stereocenters. The molecule has 0 spiro atoms. The van der Waals surface area contributed by atoms with Gasteiger partial charge in [0.25, 0.3) is 5.91 Å². The van der Waals surface area contributed by atoms with Gasteiger partial charge < -0.3 is 19.6 Å². The molecule has 178 valence electrons. The molecule has 0 aliphatic carbocycles. The number of aryl methyl sites for hydroxylation is 1. The van der Waals surface area contributed by atoms with Crippen molar-refractivity contribution in [2.75, 3.05) is 19.1 Å². The third-order valence-electron chi connectivity index (χ3n) is 6.01. The second kappa shape index (κ2) is 9.27. The number of thiophene rings is 1. The van der Waals surface area contributed by atoms with Gasteiger partial charge in [-0.2, -0.15) is 0 Å². The zero-order valence-corrected chi connectivity index (χ0v) is 20.0. The number of H-pyrrole nitrogens is 1. The summed E-state index contributed by atoms with van der Waals surface area (Å²) in [6.45, 7) is 0. The SMILES string of the molecule is COc1cc2nc(N3C(=O)C(O)=C(C(=O)CCc4ccccc4)C3c3cccs3)[nH]c2cc1OC. The predicted molar refractivity (Wildman–Crippen MR) is 133 cm³/mol. The molecule has 0 fully saturated rings. The number of rotatable bonds is 8. The molecule has 1 amide bonds. The minimum Gasteiger partial charge on any atom is -0.503 e. The van der Waals surface area contributed by atoms with Crippen LogP contribution >= 0.6 is 11.3 Å². The van der Waals surface area contributed by atoms with Crippen molar-refractivity contribution in [3.8, 4) is 11.5 Å². The number of aromatic amines is 1. The summed E-state index contributed by atoms with van der Waals surface area (Å²) >= 11 is 1.40. The Bertz CT molecular complexity index is 1390. The molecule has 1 unspecified atom stereocenters. The molecule has 0 saturated heterocycles. The third-order valence-corrected chi connectivity index (χ3v) is 6.93. The molecule has 3 heterocycles. The lowest BCUT2D eigenvalue weighted by Crippen LogP contribution is -2.31. The highest BCUT2D eigenvalue weighted by Gasteiger charge is 2.45. The van der Waals surface area contributed by atoms with Gasteiger partial charge in [-0.05, 0) is 23.4 Å². The third kappa shape index (κ3) is 4.04. The lowest BCUT2D eigenvalue weighted by atomic mass is 9.97. The van der Waals surface area contributed by atoms with Crippen LogP contribution in [0, 0.1) is 0 Å². The number of imidazole rings is 1. The van der Waals surface area contributed by atoms with Gasteiger partial charge in [0.05, 0.1) is 30.8 Å². The van der Waals surface area contributed by atoms with Crippen LogP contribution in [-0.4, -0.2) is 41.0 Å². The standard InChI is InChI=1S/C26H23N3O5S/c1-33-19-13-16-17(14-20(19)34-2)28-26(27-16)29-23(21-9-6-12-35-21)22(24(31)25(29)32)18(30)11-10-15-7-4-3-5-8-15/h3-9,12-14,23,31H,10-11H2,1-2H3,(H,27,28). The number of carbonyl (C=O) groups excluding carboxylic acids is 2. The molecule has 2 N–H and O–H groups in total. The molecular formula is C26H23N3O5S. The van der Waals surface area contributed by atoms with Crippen molar-refractivity contribution in [1.82, 2.24) is 9.97 Å². The molecule has 4 aromatic rings. The Balaban J connectivity index is 1.53. The van der Waals surface area contributed by atoms with Crippen LogP contribution in [0.15, 0.2) is 71.3 Å². The lowest BCUT2D eigenvalue weighted by molar-refractivity contribution is -0.118. The van der Waals surface area contributed by atoms with Crippen molar-refractivity contribution in [2.24, 2.45) is 0 Å². The van der Waals surface area contributed by atoms with Crippen LogP contribution in [0.25, 0.3) is 11.0 Å². The Hall–Kier alpha value is -4.11. The average molecular weight is 490 g/mol. The van der Waals surface area contributed by atoms with Crippen molar-refractivity contribution in [3.05, 3.63) is 81.8 Å². The molecule has 0 saturated carbocycles. The minimum absolute atomic E-state index is 0.0870. The second-order valence-corrected chi connectivity index (χ2v) is 9.03. The summed E-state index contributed by atoms with van der Waals surface area (Å²) in [5.41, 5.74) is 2.27. The summed E-state index contributed by atoms with van der Waals surface area (Å²) in [7, 11) is 3.07. The van der Waals surface area contributed by atoms with Crippen LogP contribution in [0.2, 0.25) is 0 Å². The highest BCUT2D eigenvalue weighted by molar-refractivity contribution is 7.10. The summed E-state index contributed by atoms with van der Waals surface area (Å²) < 4.78 is 10.7. The average Bonchev–Trinajstić information content (AvgIpc) is 3.60. The molecule has 0 radical (unpaired) electrons. The van der Waals surface area contributed by atoms with E-state index in [4.69, 9.17) is 9.47 Å². The molecule has 35 heavy (non-hydrogen) atoms. The Morgan fingerprint density at radius 1 is 1.11 bits per heavy atom. The molecule has 2 aromatic carbocycles. The number of amides is 1. The largest absolute Gasteiger partial charge is 0.503 e. The van der Waals surface area contributed by atoms with Gasteiger partial charge in [-0.15, -0.1) is 11.3 Å². The monoisotopic (exact) mass is 489 g/mol. The fraction of sp³-hybridized carbons (Fsp3) is 0.192. The van der Waals surface area contributed by atoms with E-state index < -0.39 is 17.7 Å². The zero-order valence-electron chi connectivity index (χ0n) is 19.1. The molecular weight excluding hydrogens is 466 g/mol. The summed E-state index contributed by atoms with van der Waals surface area (Å²) in [4.78, 5) is 36.4. The second-order valence-electron chi connectivity index (χ2n) is 8.05. The van der Waals surface area contributed by atoms with E-state index in [0.717, 1.165) is 10.4 Å². The Labute approximate surface area is 205 Å². The maximum atomic E-state index is 13.3. The van der Waals surface area contributed by atoms with Crippen molar-refractivity contribution in [2.45, 2.75) is 18.9 Å². The summed E-state index contributed by atoms with van der Waals surface area (Å²) in [6.07, 6.45) is 0.674. The Morgan fingerprint density at radius 2 is 1.86 bits per heavy atom. The minimum atomic E-state index is -0.782. The number of anilines is 1. The summed E-state index contributed by atoms with van der Waals surface area (Å²) in [6, 6.07) is 16.0. The fourth-order valence-electron chi connectivity index (χ4n) is 4.30. The number of ether oxygens (including phenoxy) is 2. The number of ketones is 1. The van der Waals surface area contributed by atoms with Crippen LogP contribution in [-0.2, 0) is 16.0 Å². The predicted octanol–water partition coefficient (Wildman–Crippen LogP) is 4.74. The van der Waals surface area contributed by atoms with Crippen molar-refractivity contribution in [3.63, 3.8) is 0 Å². The number of aliphatic hydroxyl groups excluding tert-OH is 1. The quantitative estimate of drug-likeness (QED) is 0.370. The number of fused-ring (bicyclic) bond motifs is 1. The fourth-order valence-corrected chi connectivity index (χ4v) is 5.12. The van der Waals surface area contributed by atoms with Gasteiger partial charge in [0.15, 0.2) is 23.0 Å². The van der Waals surface area contributed by atoms with Crippen LogP contribution < -0.4 is 14.4 Å². The van der Waals surface area contributed by atoms with Gasteiger partial charge in [-0.25, -0.2) is 4.98 Å². The molecule has 0 bridgehead atoms. The summed E-state index contributed by atoms with van der Waals surface area (Å²) in [5.74, 6) is -0.272. The number of nitrogens with zero attached hydrogens (tertiary/aromatic N) is 2. The topological polar surface area (TPSA) is 105 Å². The number of benzene rings is 2. The Kier molecular flexibility index (Phi) is 6.00. The number of hydrogen-bond donors (Lipinski definition) is 2. The van der Waals surface area contributed by atoms with Gasteiger partial charge in [-0.3, -0.25) is 14.5 Å². The first kappa shape index (κ1) is 22.7. The normalized spacial score (nSPS) is 15.8. The number of carbonyl (C=O) groups is 2. The number of aliphatic hydroxyl groups is 1. The van der Waals surface area contributed by atoms with Crippen molar-refractivity contribution < 1.29 is 24.2 Å². The molecule has 1 aliphatic rings. The van der Waals surface area contributed by atoms with Gasteiger partial charge >= 0.3 is 0 Å². The molecule has 2 aromatic heterocycles. The van der Waals surface area contributed by atoms with E-state index in [1.54, 1.807) is 12.1 Å². The van der Waals surface area contributed by atoms with Gasteiger partial charge in [0.1, 0.15) is 6.04 Å². The first-order valence-corrected chi connectivity index (χ1v) is 11.9. The maximum Gasteiger partial charge on any atom is 0.296 e. The van der Waals surface area contributed by atoms with Crippen molar-refractivity contribution >= 4 is 40.0 Å². The van der Waals surface area contributed by atoms with E-state index in [1.165, 1.54) is 30.5 Å². The first-order chi connectivity index (χ1) is 17.0. The van der Waals surface area contributed by atoms with Gasteiger partial charge in [0, 0.05) is 23.4 Å². The number of nitrogens with one attached hydrogen (secondary N) is 1. The molecule has 9 heteroatoms. The molecule has 8 nitrogen and oxygen atoms in total. The first-order valence-electron chi connectivity index (χ1n) is 11.0. The highest BCUT2D eigenvalue weighted by atomic mass is 32.1. The molecule has 1 aliphatic heterocycles. The van der Waals surface area contributed by atoms with E-state index in [0.29, 0.717) is 29.0 Å². The smallest absolute Gasteiger partial charge is 0.296 e. The van der Waals surface area contributed by atoms with Crippen LogP contribution in [0.3, 0.4) is 0 Å². The molecule has 5 rings (SSSR count). The summed E-state index contributed by atoms with van der Waals surface area (Å²) in [5, 5.41) is 12.7. The number of Topliss-reactive ketones (excluding diaryl/α,β-unsaturated/α-hetero) is 1. The highest BCUT2D eigenvalue weighted by Crippen LogP contribution is 2.43. The van der Waals surface area contributed by atoms with E-state index in [1.807, 2.05) is 47.8 Å². The zero-order chi connectivity index (χ0) is 24.5. The van der Waals surface area contributed by atoms with Crippen LogP contribution in [0.5, 0.6) is 11.5 Å². The van der Waals surface area contributed by atoms with Gasteiger partial charge in [-0.1, -0.05) is 36.4 Å². The van der Waals surface area contributed by atoms with E-state index in [2.05, 4.69) is 9.97 Å². The van der Waals surface area contributed by atoms with Crippen LogP contribution in [0.1, 0.15) is 22.9 Å². The van der Waals surface area contributed by atoms with E-state index >= 15 is 0 Å². The number of methoxy groups -OCH3 is 2. The number of aromatic nitrogens is 2. The number of hydrogen-bond acceptors (Lipinski definition) is 7.